The molecule has 2 N–H and O–H groups in total. The molecule has 72 valence electrons. The lowest BCUT2D eigenvalue weighted by atomic mass is 10.3. The maximum atomic E-state index is 10.2. The van der Waals surface area contributed by atoms with Gasteiger partial charge in [-0.2, -0.15) is 0 Å². The number of carbonyl (C=O) groups is 1. The van der Waals surface area contributed by atoms with E-state index in [0.717, 1.165) is 0 Å². The van der Waals surface area contributed by atoms with E-state index in [1.807, 2.05) is 0 Å². The van der Waals surface area contributed by atoms with Gasteiger partial charge in [0.25, 0.3) is 0 Å². The molecule has 0 radical (unpaired) electrons. The first-order chi connectivity index (χ1) is 5.61. The van der Waals surface area contributed by atoms with Crippen molar-refractivity contribution in [2.75, 3.05) is 5.32 Å². The van der Waals surface area contributed by atoms with Crippen LogP contribution in [0.25, 0.3) is 0 Å². The topological polar surface area (TPSA) is 49.3 Å². The van der Waals surface area contributed by atoms with Gasteiger partial charge in [0, 0.05) is 0 Å². The minimum atomic E-state index is -1.17. The zero-order valence-electron chi connectivity index (χ0n) is 6.25. The molecule has 0 saturated carbocycles. The molecule has 0 aliphatic heterocycles. The minimum Gasteiger partial charge on any atom is -0.465 e. The smallest absolute Gasteiger partial charge is 0.409 e. The Morgan fingerprint density at radius 2 is 2.00 bits per heavy atom. The van der Waals surface area contributed by atoms with Gasteiger partial charge in [0.15, 0.2) is 0 Å². The molecule has 1 amide bonds. The predicted octanol–water partition coefficient (Wildman–Crippen LogP) is 3.24. The maximum absolute atomic E-state index is 10.2. The van der Waals surface area contributed by atoms with E-state index < -0.39 is 6.09 Å². The van der Waals surface area contributed by atoms with Crippen LogP contribution in [0.4, 0.5) is 15.2 Å². The molecule has 0 aromatic heterocycles. The van der Waals surface area contributed by atoms with Gasteiger partial charge in [-0.3, -0.25) is 10.0 Å². The molecule has 0 spiro atoms. The van der Waals surface area contributed by atoms with E-state index in [1.54, 1.807) is 12.1 Å². The predicted molar refractivity (Wildman–Crippen MR) is 50.6 cm³/mol. The van der Waals surface area contributed by atoms with Gasteiger partial charge < -0.3 is 5.11 Å². The zero-order chi connectivity index (χ0) is 9.14. The van der Waals surface area contributed by atoms with Crippen LogP contribution in [0.3, 0.4) is 0 Å². The first-order valence-corrected chi connectivity index (χ1v) is 3.81. The molecule has 6 heteroatoms. The number of halogens is 3. The molecule has 0 aliphatic rings. The highest BCUT2D eigenvalue weighted by Crippen LogP contribution is 2.29. The van der Waals surface area contributed by atoms with Crippen molar-refractivity contribution < 1.29 is 14.6 Å². The van der Waals surface area contributed by atoms with Crippen LogP contribution < -0.4 is 5.32 Å². The SMILES string of the molecule is F.O=C(O)Nc1cccc(Cl)c1Cl. The average Bonchev–Trinajstić information content (AvgIpc) is 1.98. The summed E-state index contributed by atoms with van der Waals surface area (Å²) < 4.78 is 0. The van der Waals surface area contributed by atoms with E-state index in [-0.39, 0.29) is 15.4 Å². The molecular weight excluding hydrogens is 220 g/mol. The molecule has 0 unspecified atom stereocenters. The molecule has 0 fully saturated rings. The Balaban J connectivity index is 0.00000144. The molecule has 1 aromatic rings. The highest BCUT2D eigenvalue weighted by molar-refractivity contribution is 6.43. The summed E-state index contributed by atoms with van der Waals surface area (Å²) in [6.07, 6.45) is -1.17. The molecule has 0 bridgehead atoms. The largest absolute Gasteiger partial charge is 0.465 e. The van der Waals surface area contributed by atoms with Gasteiger partial charge in [0.1, 0.15) is 0 Å². The van der Waals surface area contributed by atoms with Crippen LogP contribution in [0.1, 0.15) is 0 Å². The second-order valence-electron chi connectivity index (χ2n) is 2.03. The van der Waals surface area contributed by atoms with Crippen molar-refractivity contribution in [3.63, 3.8) is 0 Å². The lowest BCUT2D eigenvalue weighted by Gasteiger charge is -2.03. The standard InChI is InChI=1S/C7H5Cl2NO2.FH/c8-4-2-1-3-5(6(4)9)10-7(11)12;/h1-3,10H,(H,11,12);1H. The number of rotatable bonds is 1. The Bertz CT molecular complexity index is 319. The van der Waals surface area contributed by atoms with Crippen LogP contribution in [-0.2, 0) is 0 Å². The molecule has 0 atom stereocenters. The van der Waals surface area contributed by atoms with Crippen molar-refractivity contribution in [2.45, 2.75) is 0 Å². The average molecular weight is 226 g/mol. The number of hydrogen-bond acceptors (Lipinski definition) is 1. The second kappa shape index (κ2) is 4.89. The van der Waals surface area contributed by atoms with Gasteiger partial charge in [0.2, 0.25) is 0 Å². The molecule has 1 rings (SSSR count). The van der Waals surface area contributed by atoms with Crippen LogP contribution in [-0.4, -0.2) is 11.2 Å². The third-order valence-electron chi connectivity index (χ3n) is 1.19. The Morgan fingerprint density at radius 3 is 2.54 bits per heavy atom. The van der Waals surface area contributed by atoms with Crippen LogP contribution in [0.5, 0.6) is 0 Å². The summed E-state index contributed by atoms with van der Waals surface area (Å²) in [5, 5.41) is 11.0. The van der Waals surface area contributed by atoms with Gasteiger partial charge >= 0.3 is 6.09 Å². The normalized spacial score (nSPS) is 8.77. The van der Waals surface area contributed by atoms with E-state index in [1.165, 1.54) is 6.07 Å². The Kier molecular flexibility index (Phi) is 4.51. The fourth-order valence-electron chi connectivity index (χ4n) is 0.716. The Labute approximate surface area is 83.6 Å². The van der Waals surface area contributed by atoms with Crippen LogP contribution in [0, 0.1) is 0 Å². The third kappa shape index (κ3) is 3.08. The summed E-state index contributed by atoms with van der Waals surface area (Å²) >= 11 is 11.3. The summed E-state index contributed by atoms with van der Waals surface area (Å²) in [4.78, 5) is 10.2. The number of hydrogen-bond donors (Lipinski definition) is 2. The fourth-order valence-corrected chi connectivity index (χ4v) is 1.06. The van der Waals surface area contributed by atoms with Crippen molar-refractivity contribution >= 4 is 35.0 Å². The number of carboxylic acid groups (broad SMARTS) is 1. The van der Waals surface area contributed by atoms with Gasteiger partial charge in [-0.1, -0.05) is 29.3 Å². The van der Waals surface area contributed by atoms with Crippen molar-refractivity contribution in [3.8, 4) is 0 Å². The van der Waals surface area contributed by atoms with Gasteiger partial charge in [-0.05, 0) is 12.1 Å². The number of amides is 1. The monoisotopic (exact) mass is 225 g/mol. The van der Waals surface area contributed by atoms with Crippen molar-refractivity contribution in [3.05, 3.63) is 28.2 Å². The van der Waals surface area contributed by atoms with E-state index in [4.69, 9.17) is 28.3 Å². The number of anilines is 1. The van der Waals surface area contributed by atoms with E-state index in [2.05, 4.69) is 5.32 Å². The first-order valence-electron chi connectivity index (χ1n) is 3.05. The summed E-state index contributed by atoms with van der Waals surface area (Å²) in [5.41, 5.74) is 0.289. The van der Waals surface area contributed by atoms with Crippen LogP contribution >= 0.6 is 23.2 Å². The highest BCUT2D eigenvalue weighted by Gasteiger charge is 2.05. The summed E-state index contributed by atoms with van der Waals surface area (Å²) in [7, 11) is 0. The third-order valence-corrected chi connectivity index (χ3v) is 2.01. The van der Waals surface area contributed by atoms with Gasteiger partial charge in [0.05, 0.1) is 15.7 Å². The van der Waals surface area contributed by atoms with Crippen LogP contribution in [0.2, 0.25) is 10.0 Å². The first kappa shape index (κ1) is 12.0. The molecule has 3 nitrogen and oxygen atoms in total. The van der Waals surface area contributed by atoms with Gasteiger partial charge in [-0.15, -0.1) is 0 Å². The fraction of sp³-hybridized carbons (Fsp3) is 0. The second-order valence-corrected chi connectivity index (χ2v) is 2.82. The zero-order valence-corrected chi connectivity index (χ0v) is 7.76. The quantitative estimate of drug-likeness (QED) is 0.772. The number of benzene rings is 1. The maximum Gasteiger partial charge on any atom is 0.409 e. The molecule has 0 heterocycles. The number of nitrogens with one attached hydrogen (secondary N) is 1. The lowest BCUT2D eigenvalue weighted by molar-refractivity contribution is 0.210. The minimum absolute atomic E-state index is 0. The van der Waals surface area contributed by atoms with Crippen molar-refractivity contribution in [1.82, 2.24) is 0 Å². The summed E-state index contributed by atoms with van der Waals surface area (Å²) in [6, 6.07) is 4.72. The van der Waals surface area contributed by atoms with E-state index >= 15 is 0 Å². The molecule has 0 aliphatic carbocycles. The van der Waals surface area contributed by atoms with E-state index in [9.17, 15) is 4.79 Å². The molecular formula is C7H6Cl2FNO2. The lowest BCUT2D eigenvalue weighted by Crippen LogP contribution is -2.07. The Hall–Kier alpha value is -1.000. The molecule has 1 aromatic carbocycles. The molecule has 0 saturated heterocycles. The summed E-state index contributed by atoms with van der Waals surface area (Å²) in [5.74, 6) is 0. The highest BCUT2D eigenvalue weighted by atomic mass is 35.5. The van der Waals surface area contributed by atoms with Gasteiger partial charge in [-0.25, -0.2) is 4.79 Å². The van der Waals surface area contributed by atoms with Crippen molar-refractivity contribution in [2.24, 2.45) is 0 Å². The van der Waals surface area contributed by atoms with E-state index in [0.29, 0.717) is 5.02 Å². The Morgan fingerprint density at radius 1 is 1.38 bits per heavy atom. The van der Waals surface area contributed by atoms with Crippen molar-refractivity contribution in [1.29, 1.82) is 0 Å². The molecule has 13 heavy (non-hydrogen) atoms. The van der Waals surface area contributed by atoms with Crippen LogP contribution in [0.15, 0.2) is 18.2 Å². The summed E-state index contributed by atoms with van der Waals surface area (Å²) in [6.45, 7) is 0.